The van der Waals surface area contributed by atoms with Crippen LogP contribution in [0.4, 0.5) is 4.39 Å². The molecule has 4 aliphatic carbocycles. The van der Waals surface area contributed by atoms with Crippen LogP contribution in [-0.4, -0.2) is 65.4 Å². The van der Waals surface area contributed by atoms with E-state index in [2.05, 4.69) is 19.9 Å². The first kappa shape index (κ1) is 26.3. The van der Waals surface area contributed by atoms with Gasteiger partial charge in [-0.05, 0) is 67.7 Å². The molecule has 3 saturated carbocycles. The molecule has 0 unspecified atom stereocenters. The number of halogens is 1. The molecule has 1 aromatic heterocycles. The van der Waals surface area contributed by atoms with Crippen molar-refractivity contribution in [2.24, 2.45) is 28.6 Å². The Morgan fingerprint density at radius 3 is 2.76 bits per heavy atom. The number of hydrogen-bond donors (Lipinski definition) is 1. The molecular weight excluding hydrogens is 527 g/mol. The van der Waals surface area contributed by atoms with Crippen molar-refractivity contribution in [3.05, 3.63) is 47.3 Å². The van der Waals surface area contributed by atoms with Gasteiger partial charge in [-0.3, -0.25) is 0 Å². The fourth-order valence-corrected chi connectivity index (χ4v) is 10.5. The molecule has 5 fully saturated rings. The number of methoxy groups -OCH3 is 1. The Hall–Kier alpha value is -2.30. The van der Waals surface area contributed by atoms with Gasteiger partial charge in [0.1, 0.15) is 23.6 Å². The molecule has 220 valence electrons. The number of aromatic nitrogens is 2. The smallest absolute Gasteiger partial charge is 0.227 e. The Kier molecular flexibility index (Phi) is 5.40. The van der Waals surface area contributed by atoms with Crippen LogP contribution < -0.4 is 4.74 Å². The average molecular weight is 567 g/mol. The summed E-state index contributed by atoms with van der Waals surface area (Å²) in [6.45, 7) is 6.92. The molecule has 1 aromatic carbocycles. The van der Waals surface area contributed by atoms with Crippen molar-refractivity contribution in [1.29, 1.82) is 0 Å². The molecule has 0 bridgehead atoms. The summed E-state index contributed by atoms with van der Waals surface area (Å²) in [5.74, 6) is -0.526. The summed E-state index contributed by atoms with van der Waals surface area (Å²) in [5.41, 5.74) is -0.164. The minimum atomic E-state index is -1.79. The molecular formula is C32H39FN2O6. The first-order valence-electron chi connectivity index (χ1n) is 14.9. The van der Waals surface area contributed by atoms with E-state index in [0.29, 0.717) is 12.8 Å². The first-order chi connectivity index (χ1) is 19.6. The van der Waals surface area contributed by atoms with Gasteiger partial charge in [0.25, 0.3) is 0 Å². The minimum absolute atomic E-state index is 0.00736. The van der Waals surface area contributed by atoms with Gasteiger partial charge in [0, 0.05) is 29.0 Å². The highest BCUT2D eigenvalue weighted by molar-refractivity contribution is 5.61. The highest BCUT2D eigenvalue weighted by atomic mass is 19.1. The van der Waals surface area contributed by atoms with Gasteiger partial charge in [-0.2, -0.15) is 5.10 Å². The number of aliphatic hydroxyl groups is 1. The number of aliphatic hydroxyl groups excluding tert-OH is 1. The molecule has 3 heterocycles. The summed E-state index contributed by atoms with van der Waals surface area (Å²) >= 11 is 0. The van der Waals surface area contributed by atoms with Gasteiger partial charge in [-0.25, -0.2) is 9.07 Å². The Balaban J connectivity index is 1.18. The van der Waals surface area contributed by atoms with Gasteiger partial charge >= 0.3 is 0 Å². The second-order valence-corrected chi connectivity index (χ2v) is 13.7. The molecule has 1 N–H and O–H groups in total. The van der Waals surface area contributed by atoms with Crippen LogP contribution >= 0.6 is 0 Å². The zero-order chi connectivity index (χ0) is 28.4. The van der Waals surface area contributed by atoms with Gasteiger partial charge < -0.3 is 28.8 Å². The Morgan fingerprint density at radius 2 is 1.98 bits per heavy atom. The van der Waals surface area contributed by atoms with Crippen molar-refractivity contribution in [1.82, 2.24) is 9.78 Å². The van der Waals surface area contributed by atoms with Crippen LogP contribution in [0.5, 0.6) is 5.75 Å². The van der Waals surface area contributed by atoms with E-state index in [0.717, 1.165) is 41.1 Å². The van der Waals surface area contributed by atoms with E-state index in [-0.39, 0.29) is 44.4 Å². The third-order valence-electron chi connectivity index (χ3n) is 12.2. The van der Waals surface area contributed by atoms with Crippen molar-refractivity contribution in [3.8, 4) is 11.4 Å². The van der Waals surface area contributed by atoms with Crippen LogP contribution in [-0.2, 0) is 25.4 Å². The second kappa shape index (κ2) is 8.41. The number of nitrogens with zero attached hydrogens (tertiary/aromatic N) is 2. The molecule has 6 aliphatic rings. The van der Waals surface area contributed by atoms with Crippen molar-refractivity contribution < 1.29 is 33.2 Å². The Morgan fingerprint density at radius 1 is 1.15 bits per heavy atom. The maximum atomic E-state index is 18.2. The highest BCUT2D eigenvalue weighted by Gasteiger charge is 2.81. The van der Waals surface area contributed by atoms with E-state index >= 15 is 4.39 Å². The lowest BCUT2D eigenvalue weighted by atomic mass is 9.43. The summed E-state index contributed by atoms with van der Waals surface area (Å²) in [6.07, 6.45) is 5.95. The van der Waals surface area contributed by atoms with Crippen molar-refractivity contribution in [3.63, 3.8) is 0 Å². The summed E-state index contributed by atoms with van der Waals surface area (Å²) in [4.78, 5) is 0. The zero-order valence-corrected chi connectivity index (χ0v) is 24.2. The predicted octanol–water partition coefficient (Wildman–Crippen LogP) is 4.82. The third kappa shape index (κ3) is 2.99. The normalized spacial score (nSPS) is 46.2. The highest BCUT2D eigenvalue weighted by Crippen LogP contribution is 2.74. The Labute approximate surface area is 239 Å². The van der Waals surface area contributed by atoms with Crippen LogP contribution in [0.25, 0.3) is 11.8 Å². The van der Waals surface area contributed by atoms with E-state index in [1.54, 1.807) is 7.11 Å². The number of alkyl halides is 1. The maximum Gasteiger partial charge on any atom is 0.227 e. The lowest BCUT2D eigenvalue weighted by molar-refractivity contribution is -0.279. The number of fused-ring (bicyclic) bond motifs is 8. The van der Waals surface area contributed by atoms with E-state index < -0.39 is 34.0 Å². The van der Waals surface area contributed by atoms with Gasteiger partial charge in [0.2, 0.25) is 5.79 Å². The largest absolute Gasteiger partial charge is 0.497 e. The molecule has 2 aliphatic heterocycles. The van der Waals surface area contributed by atoms with Gasteiger partial charge in [-0.15, -0.1) is 0 Å². The van der Waals surface area contributed by atoms with Crippen LogP contribution in [0.1, 0.15) is 57.7 Å². The summed E-state index contributed by atoms with van der Waals surface area (Å²) in [7, 11) is 1.65. The van der Waals surface area contributed by atoms with Crippen LogP contribution in [0.15, 0.2) is 36.0 Å². The Bertz CT molecular complexity index is 1430. The van der Waals surface area contributed by atoms with Crippen LogP contribution in [0, 0.1) is 28.6 Å². The molecule has 9 atom stereocenters. The minimum Gasteiger partial charge on any atom is -0.497 e. The molecule has 41 heavy (non-hydrogen) atoms. The SMILES string of the molecule is COc1cccc(-n2cc3c(n2)C=C2CC[C@H]4[C@@H]5C[C@@H](C)[C@@]6(OCO[C@]67COCO7)[C@@]5(C)C[C@H](O)[C@]4(F)[C@@]2(C)C3)c1. The number of hydrogen-bond acceptors (Lipinski definition) is 7. The van der Waals surface area contributed by atoms with Crippen LogP contribution in [0.3, 0.4) is 0 Å². The molecule has 2 saturated heterocycles. The molecule has 8 rings (SSSR count). The lowest BCUT2D eigenvalue weighted by Crippen LogP contribution is -2.72. The number of allylic oxidation sites excluding steroid dienone is 1. The zero-order valence-electron chi connectivity index (χ0n) is 24.2. The van der Waals surface area contributed by atoms with Crippen molar-refractivity contribution in [2.75, 3.05) is 27.3 Å². The lowest BCUT2D eigenvalue weighted by Gasteiger charge is -2.64. The maximum absolute atomic E-state index is 18.2. The van der Waals surface area contributed by atoms with E-state index in [9.17, 15) is 5.11 Å². The quantitative estimate of drug-likeness (QED) is 0.558. The number of ether oxygens (including phenoxy) is 5. The molecule has 8 nitrogen and oxygen atoms in total. The standard InChI is InChI=1S/C32H39FN2O6/c1-19-10-25-24-9-8-21-11-26-20(15-35(34-26)22-6-5-7-23(12-22)37-4)13-28(21,2)31(24,33)27(36)14-29(25,3)32(19)30(40-18-41-32)16-38-17-39-30/h5-7,11-12,15,19,24-25,27,36H,8-10,13-14,16-18H2,1-4H3/t19-,24+,25+,27+,28+,29+,30-,31+,32-/m1/s1. The average Bonchev–Trinajstić information content (AvgIpc) is 3.73. The predicted molar refractivity (Wildman–Crippen MR) is 147 cm³/mol. The van der Waals surface area contributed by atoms with Crippen molar-refractivity contribution in [2.45, 2.75) is 76.0 Å². The van der Waals surface area contributed by atoms with E-state index in [1.165, 1.54) is 0 Å². The fourth-order valence-electron chi connectivity index (χ4n) is 10.5. The van der Waals surface area contributed by atoms with Gasteiger partial charge in [0.15, 0.2) is 13.6 Å². The molecule has 9 heteroatoms. The topological polar surface area (TPSA) is 84.2 Å². The molecule has 0 amide bonds. The summed E-state index contributed by atoms with van der Waals surface area (Å²) in [5, 5.41) is 16.9. The van der Waals surface area contributed by atoms with E-state index in [4.69, 9.17) is 28.8 Å². The third-order valence-corrected chi connectivity index (χ3v) is 12.2. The molecule has 2 aromatic rings. The first-order valence-corrected chi connectivity index (χ1v) is 14.9. The van der Waals surface area contributed by atoms with E-state index in [1.807, 2.05) is 42.1 Å². The van der Waals surface area contributed by atoms with Gasteiger partial charge in [-0.1, -0.05) is 32.4 Å². The van der Waals surface area contributed by atoms with Crippen molar-refractivity contribution >= 4 is 6.08 Å². The fraction of sp³-hybridized carbons (Fsp3) is 0.656. The van der Waals surface area contributed by atoms with Crippen LogP contribution in [0.2, 0.25) is 0 Å². The summed E-state index contributed by atoms with van der Waals surface area (Å²) in [6, 6.07) is 7.77. The van der Waals surface area contributed by atoms with Gasteiger partial charge in [0.05, 0.1) is 24.6 Å². The number of benzene rings is 1. The molecule has 2 spiro atoms. The monoisotopic (exact) mass is 566 g/mol. The molecule has 0 radical (unpaired) electrons. The second-order valence-electron chi connectivity index (χ2n) is 13.7. The summed E-state index contributed by atoms with van der Waals surface area (Å²) < 4.78 is 49.9. The number of rotatable bonds is 2.